The van der Waals surface area contributed by atoms with Gasteiger partial charge in [-0.1, -0.05) is 12.0 Å². The third-order valence-electron chi connectivity index (χ3n) is 2.00. The molecule has 0 unspecified atom stereocenters. The van der Waals surface area contributed by atoms with Gasteiger partial charge >= 0.3 is 0 Å². The number of nitrogens with one attached hydrogen (secondary N) is 1. The quantitative estimate of drug-likeness (QED) is 0.557. The molecule has 1 aromatic carbocycles. The molecule has 0 aliphatic carbocycles. The summed E-state index contributed by atoms with van der Waals surface area (Å²) in [6.45, 7) is 0.564. The van der Waals surface area contributed by atoms with E-state index in [1.165, 1.54) is 0 Å². The maximum atomic E-state index is 11.2. The lowest BCUT2D eigenvalue weighted by Crippen LogP contribution is -2.12. The van der Waals surface area contributed by atoms with Gasteiger partial charge in [-0.25, -0.2) is 0 Å². The summed E-state index contributed by atoms with van der Waals surface area (Å²) in [5, 5.41) is 2.73. The van der Waals surface area contributed by atoms with Crippen LogP contribution in [0.3, 0.4) is 0 Å². The van der Waals surface area contributed by atoms with Gasteiger partial charge in [0.25, 0.3) is 5.91 Å². The zero-order chi connectivity index (χ0) is 8.55. The molecule has 2 heteroatoms. The van der Waals surface area contributed by atoms with Crippen molar-refractivity contribution >= 4 is 5.91 Å². The van der Waals surface area contributed by atoms with Crippen LogP contribution < -0.4 is 5.32 Å². The molecule has 0 aromatic heterocycles. The highest BCUT2D eigenvalue weighted by molar-refractivity contribution is 5.98. The van der Waals surface area contributed by atoms with Gasteiger partial charge in [-0.05, 0) is 17.7 Å². The van der Waals surface area contributed by atoms with Crippen molar-refractivity contribution in [3.63, 3.8) is 0 Å². The van der Waals surface area contributed by atoms with Gasteiger partial charge in [-0.15, -0.1) is 6.42 Å². The van der Waals surface area contributed by atoms with Gasteiger partial charge in [-0.2, -0.15) is 0 Å². The highest BCUT2D eigenvalue weighted by atomic mass is 16.1. The van der Waals surface area contributed by atoms with E-state index in [4.69, 9.17) is 6.42 Å². The van der Waals surface area contributed by atoms with Crippen molar-refractivity contribution in [3.05, 3.63) is 34.9 Å². The van der Waals surface area contributed by atoms with E-state index < -0.39 is 0 Å². The zero-order valence-electron chi connectivity index (χ0n) is 6.42. The lowest BCUT2D eigenvalue weighted by Gasteiger charge is -1.97. The number of amides is 1. The van der Waals surface area contributed by atoms with E-state index in [-0.39, 0.29) is 5.91 Å². The SMILES string of the molecule is C#Cc1cccc2c1CNC2=O. The number of benzene rings is 1. The fraction of sp³-hybridized carbons (Fsp3) is 0.100. The van der Waals surface area contributed by atoms with Crippen LogP contribution >= 0.6 is 0 Å². The van der Waals surface area contributed by atoms with Crippen LogP contribution in [0.15, 0.2) is 18.2 Å². The Morgan fingerprint density at radius 2 is 2.33 bits per heavy atom. The summed E-state index contributed by atoms with van der Waals surface area (Å²) >= 11 is 0. The predicted octanol–water partition coefficient (Wildman–Crippen LogP) is 0.911. The number of hydrogen-bond acceptors (Lipinski definition) is 1. The number of fused-ring (bicyclic) bond motifs is 1. The van der Waals surface area contributed by atoms with Crippen LogP contribution in [0.5, 0.6) is 0 Å². The third kappa shape index (κ3) is 0.802. The van der Waals surface area contributed by atoms with Gasteiger partial charge in [0, 0.05) is 17.7 Å². The van der Waals surface area contributed by atoms with Crippen LogP contribution in [-0.4, -0.2) is 5.91 Å². The average Bonchev–Trinajstić information content (AvgIpc) is 2.48. The first-order valence-electron chi connectivity index (χ1n) is 3.69. The lowest BCUT2D eigenvalue weighted by atomic mass is 10.0. The Morgan fingerprint density at radius 3 is 3.08 bits per heavy atom. The zero-order valence-corrected chi connectivity index (χ0v) is 6.42. The fourth-order valence-corrected chi connectivity index (χ4v) is 1.39. The molecule has 12 heavy (non-hydrogen) atoms. The second-order valence-corrected chi connectivity index (χ2v) is 2.66. The summed E-state index contributed by atoms with van der Waals surface area (Å²) in [5.41, 5.74) is 2.47. The molecule has 1 aliphatic heterocycles. The molecule has 0 atom stereocenters. The van der Waals surface area contributed by atoms with Crippen molar-refractivity contribution in [1.29, 1.82) is 0 Å². The van der Waals surface area contributed by atoms with Crippen molar-refractivity contribution in [3.8, 4) is 12.3 Å². The average molecular weight is 157 g/mol. The summed E-state index contributed by atoms with van der Waals surface area (Å²) in [7, 11) is 0. The molecule has 0 fully saturated rings. The van der Waals surface area contributed by atoms with Gasteiger partial charge in [0.15, 0.2) is 0 Å². The largest absolute Gasteiger partial charge is 0.348 e. The smallest absolute Gasteiger partial charge is 0.251 e. The minimum atomic E-state index is -0.0258. The minimum absolute atomic E-state index is 0.0258. The molecule has 0 saturated heterocycles. The highest BCUT2D eigenvalue weighted by Gasteiger charge is 2.19. The molecule has 0 saturated carbocycles. The summed E-state index contributed by atoms with van der Waals surface area (Å²) in [4.78, 5) is 11.2. The highest BCUT2D eigenvalue weighted by Crippen LogP contribution is 2.18. The van der Waals surface area contributed by atoms with E-state index in [0.29, 0.717) is 12.1 Å². The van der Waals surface area contributed by atoms with E-state index in [2.05, 4.69) is 11.2 Å². The Bertz CT molecular complexity index is 387. The third-order valence-corrected chi connectivity index (χ3v) is 2.00. The van der Waals surface area contributed by atoms with Crippen molar-refractivity contribution in [2.24, 2.45) is 0 Å². The van der Waals surface area contributed by atoms with Crippen LogP contribution in [0, 0.1) is 12.3 Å². The second kappa shape index (κ2) is 2.38. The van der Waals surface area contributed by atoms with Gasteiger partial charge in [0.05, 0.1) is 0 Å². The Morgan fingerprint density at radius 1 is 1.50 bits per heavy atom. The normalized spacial score (nSPS) is 13.4. The molecule has 0 radical (unpaired) electrons. The van der Waals surface area contributed by atoms with Gasteiger partial charge < -0.3 is 5.32 Å². The molecule has 0 spiro atoms. The number of hydrogen-bond donors (Lipinski definition) is 1. The van der Waals surface area contributed by atoms with E-state index in [0.717, 1.165) is 11.1 Å². The maximum Gasteiger partial charge on any atom is 0.251 e. The molecule has 1 heterocycles. The molecule has 2 rings (SSSR count). The first-order valence-corrected chi connectivity index (χ1v) is 3.69. The van der Waals surface area contributed by atoms with Crippen LogP contribution in [0.4, 0.5) is 0 Å². The van der Waals surface area contributed by atoms with E-state index in [9.17, 15) is 4.79 Å². The summed E-state index contributed by atoms with van der Waals surface area (Å²) in [6.07, 6.45) is 5.28. The first-order chi connectivity index (χ1) is 5.83. The molecule has 0 bridgehead atoms. The molecule has 1 aromatic rings. The topological polar surface area (TPSA) is 29.1 Å². The van der Waals surface area contributed by atoms with E-state index in [1.807, 2.05) is 6.07 Å². The molecule has 1 N–H and O–H groups in total. The van der Waals surface area contributed by atoms with E-state index in [1.54, 1.807) is 12.1 Å². The van der Waals surface area contributed by atoms with E-state index >= 15 is 0 Å². The maximum absolute atomic E-state index is 11.2. The molecule has 58 valence electrons. The van der Waals surface area contributed by atoms with Crippen molar-refractivity contribution < 1.29 is 4.79 Å². The Hall–Kier alpha value is -1.75. The van der Waals surface area contributed by atoms with Gasteiger partial charge in [-0.3, -0.25) is 4.79 Å². The molecular formula is C10H7NO. The number of carbonyl (C=O) groups excluding carboxylic acids is 1. The van der Waals surface area contributed by atoms with Crippen molar-refractivity contribution in [1.82, 2.24) is 5.32 Å². The first kappa shape index (κ1) is 6.93. The van der Waals surface area contributed by atoms with Crippen molar-refractivity contribution in [2.75, 3.05) is 0 Å². The summed E-state index contributed by atoms with van der Waals surface area (Å²) in [5.74, 6) is 2.53. The molecule has 1 aliphatic rings. The Labute approximate surface area is 70.6 Å². The summed E-state index contributed by atoms with van der Waals surface area (Å²) in [6, 6.07) is 5.44. The Balaban J connectivity index is 2.68. The monoisotopic (exact) mass is 157 g/mol. The minimum Gasteiger partial charge on any atom is -0.348 e. The fourth-order valence-electron chi connectivity index (χ4n) is 1.39. The van der Waals surface area contributed by atoms with Crippen LogP contribution in [0.25, 0.3) is 0 Å². The van der Waals surface area contributed by atoms with Gasteiger partial charge in [0.1, 0.15) is 0 Å². The second-order valence-electron chi connectivity index (χ2n) is 2.66. The lowest BCUT2D eigenvalue weighted by molar-refractivity contribution is 0.0966. The Kier molecular flexibility index (Phi) is 1.38. The summed E-state index contributed by atoms with van der Waals surface area (Å²) < 4.78 is 0. The number of rotatable bonds is 0. The van der Waals surface area contributed by atoms with Crippen LogP contribution in [-0.2, 0) is 6.54 Å². The molecular weight excluding hydrogens is 150 g/mol. The predicted molar refractivity (Wildman–Crippen MR) is 45.5 cm³/mol. The van der Waals surface area contributed by atoms with Crippen LogP contribution in [0.2, 0.25) is 0 Å². The standard InChI is InChI=1S/C10H7NO/c1-2-7-4-3-5-8-9(7)6-11-10(8)12/h1,3-5H,6H2,(H,11,12). The number of carbonyl (C=O) groups is 1. The molecule has 2 nitrogen and oxygen atoms in total. The van der Waals surface area contributed by atoms with Crippen molar-refractivity contribution in [2.45, 2.75) is 6.54 Å². The van der Waals surface area contributed by atoms with Gasteiger partial charge in [0.2, 0.25) is 0 Å². The van der Waals surface area contributed by atoms with Crippen LogP contribution in [0.1, 0.15) is 21.5 Å². The number of terminal acetylenes is 1. The molecule has 1 amide bonds.